The van der Waals surface area contributed by atoms with E-state index in [1.165, 1.54) is 25.1 Å². The van der Waals surface area contributed by atoms with E-state index in [2.05, 4.69) is 48.7 Å². The van der Waals surface area contributed by atoms with Gasteiger partial charge in [-0.1, -0.05) is 0 Å². The first kappa shape index (κ1) is 15.7. The Labute approximate surface area is 142 Å². The van der Waals surface area contributed by atoms with Crippen molar-refractivity contribution in [3.05, 3.63) is 24.3 Å². The van der Waals surface area contributed by atoms with Crippen molar-refractivity contribution >= 4 is 0 Å². The molecule has 0 bridgehead atoms. The third-order valence-electron chi connectivity index (χ3n) is 5.31. The Morgan fingerprint density at radius 3 is 2.83 bits per heavy atom. The van der Waals surface area contributed by atoms with Crippen molar-refractivity contribution in [2.45, 2.75) is 44.3 Å². The van der Waals surface area contributed by atoms with E-state index >= 15 is 0 Å². The van der Waals surface area contributed by atoms with Gasteiger partial charge in [-0.25, -0.2) is 4.98 Å². The second kappa shape index (κ2) is 6.60. The van der Waals surface area contributed by atoms with Crippen LogP contribution in [0.1, 0.15) is 36.8 Å². The zero-order chi connectivity index (χ0) is 16.5. The molecule has 24 heavy (non-hydrogen) atoms. The Bertz CT molecular complexity index is 660. The van der Waals surface area contributed by atoms with Crippen LogP contribution in [0.15, 0.2) is 12.7 Å². The fraction of sp³-hybridized carbons (Fsp3) is 0.750. The van der Waals surface area contributed by atoms with Crippen molar-refractivity contribution in [3.8, 4) is 0 Å². The van der Waals surface area contributed by atoms with Gasteiger partial charge in [0, 0.05) is 32.1 Å². The molecule has 2 aliphatic rings. The summed E-state index contributed by atoms with van der Waals surface area (Å²) in [5.41, 5.74) is 0. The number of hydrogen-bond acceptors (Lipinski definition) is 6. The molecule has 2 fully saturated rings. The molecule has 0 spiro atoms. The van der Waals surface area contributed by atoms with Gasteiger partial charge in [-0.05, 0) is 32.9 Å². The van der Waals surface area contributed by atoms with Gasteiger partial charge in [-0.2, -0.15) is 5.10 Å². The summed E-state index contributed by atoms with van der Waals surface area (Å²) in [6.45, 7) is 5.07. The first-order valence-corrected chi connectivity index (χ1v) is 8.84. The molecule has 4 rings (SSSR count). The van der Waals surface area contributed by atoms with E-state index in [4.69, 9.17) is 0 Å². The largest absolute Gasteiger partial charge is 0.317 e. The molecule has 1 saturated carbocycles. The molecule has 130 valence electrons. The van der Waals surface area contributed by atoms with Gasteiger partial charge in [-0.3, -0.25) is 14.5 Å². The summed E-state index contributed by atoms with van der Waals surface area (Å²) >= 11 is 0. The van der Waals surface area contributed by atoms with Crippen LogP contribution in [0, 0.1) is 0 Å². The summed E-state index contributed by atoms with van der Waals surface area (Å²) in [6, 6.07) is 0.585. The van der Waals surface area contributed by atoms with E-state index in [-0.39, 0.29) is 0 Å². The minimum Gasteiger partial charge on any atom is -0.317 e. The van der Waals surface area contributed by atoms with Crippen molar-refractivity contribution in [3.63, 3.8) is 0 Å². The maximum atomic E-state index is 4.42. The predicted octanol–water partition coefficient (Wildman–Crippen LogP) is 0.490. The molecular weight excluding hydrogens is 304 g/mol. The normalized spacial score (nSPS) is 21.9. The Balaban J connectivity index is 1.28. The van der Waals surface area contributed by atoms with Gasteiger partial charge < -0.3 is 4.57 Å². The fourth-order valence-electron chi connectivity index (χ4n) is 3.53. The molecule has 0 aromatic carbocycles. The SMILES string of the molecule is CN(Cc1nnc(C2CC2)n1C)C1CCN(CCn2cncn2)C1. The van der Waals surface area contributed by atoms with Gasteiger partial charge in [0.1, 0.15) is 24.3 Å². The predicted molar refractivity (Wildman–Crippen MR) is 89.3 cm³/mol. The van der Waals surface area contributed by atoms with Crippen molar-refractivity contribution in [1.29, 1.82) is 0 Å². The molecule has 1 aliphatic carbocycles. The van der Waals surface area contributed by atoms with Crippen molar-refractivity contribution in [1.82, 2.24) is 39.3 Å². The summed E-state index contributed by atoms with van der Waals surface area (Å²) in [7, 11) is 4.31. The Kier molecular flexibility index (Phi) is 4.32. The molecule has 3 heterocycles. The van der Waals surface area contributed by atoms with Crippen molar-refractivity contribution < 1.29 is 0 Å². The number of rotatable bonds is 7. The van der Waals surface area contributed by atoms with E-state index in [0.29, 0.717) is 12.0 Å². The van der Waals surface area contributed by atoms with Crippen molar-refractivity contribution in [2.75, 3.05) is 26.7 Å². The molecule has 2 aromatic heterocycles. The third-order valence-corrected chi connectivity index (χ3v) is 5.31. The first-order valence-electron chi connectivity index (χ1n) is 8.84. The van der Waals surface area contributed by atoms with Gasteiger partial charge in [0.25, 0.3) is 0 Å². The second-order valence-corrected chi connectivity index (χ2v) is 7.12. The first-order chi connectivity index (χ1) is 11.7. The average molecular weight is 330 g/mol. The van der Waals surface area contributed by atoms with E-state index in [0.717, 1.165) is 38.5 Å². The number of likely N-dealkylation sites (tertiary alicyclic amines) is 1. The van der Waals surface area contributed by atoms with Crippen molar-refractivity contribution in [2.24, 2.45) is 7.05 Å². The minimum atomic E-state index is 0.585. The molecule has 1 saturated heterocycles. The van der Waals surface area contributed by atoms with Crippen LogP contribution in [0.3, 0.4) is 0 Å². The van der Waals surface area contributed by atoms with E-state index < -0.39 is 0 Å². The molecule has 1 atom stereocenters. The summed E-state index contributed by atoms with van der Waals surface area (Å²) in [6.07, 6.45) is 7.13. The molecule has 2 aromatic rings. The molecule has 8 nitrogen and oxygen atoms in total. The van der Waals surface area contributed by atoms with Gasteiger partial charge in [0.15, 0.2) is 0 Å². The van der Waals surface area contributed by atoms with Crippen LogP contribution in [0.4, 0.5) is 0 Å². The maximum absolute atomic E-state index is 4.42. The van der Waals surface area contributed by atoms with Crippen LogP contribution in [0.25, 0.3) is 0 Å². The summed E-state index contributed by atoms with van der Waals surface area (Å²) < 4.78 is 4.10. The highest BCUT2D eigenvalue weighted by Gasteiger charge is 2.30. The zero-order valence-electron chi connectivity index (χ0n) is 14.5. The molecule has 0 amide bonds. The highest BCUT2D eigenvalue weighted by Crippen LogP contribution is 2.38. The van der Waals surface area contributed by atoms with Crippen LogP contribution in [-0.2, 0) is 20.1 Å². The van der Waals surface area contributed by atoms with Gasteiger partial charge in [0.2, 0.25) is 0 Å². The lowest BCUT2D eigenvalue weighted by Crippen LogP contribution is -2.35. The third kappa shape index (κ3) is 3.34. The molecule has 1 aliphatic heterocycles. The summed E-state index contributed by atoms with van der Waals surface area (Å²) in [5.74, 6) is 2.90. The lowest BCUT2D eigenvalue weighted by atomic mass is 10.2. The van der Waals surface area contributed by atoms with Crippen LogP contribution < -0.4 is 0 Å². The lowest BCUT2D eigenvalue weighted by molar-refractivity contribution is 0.215. The van der Waals surface area contributed by atoms with Crippen LogP contribution in [0.5, 0.6) is 0 Å². The maximum Gasteiger partial charge on any atom is 0.146 e. The zero-order valence-corrected chi connectivity index (χ0v) is 14.5. The lowest BCUT2D eigenvalue weighted by Gasteiger charge is -2.24. The van der Waals surface area contributed by atoms with E-state index in [1.54, 1.807) is 12.7 Å². The Morgan fingerprint density at radius 2 is 2.08 bits per heavy atom. The monoisotopic (exact) mass is 330 g/mol. The Hall–Kier alpha value is -1.80. The van der Waals surface area contributed by atoms with Gasteiger partial charge in [-0.15, -0.1) is 10.2 Å². The topological polar surface area (TPSA) is 67.9 Å². The molecule has 1 unspecified atom stereocenters. The number of nitrogens with zero attached hydrogens (tertiary/aromatic N) is 8. The smallest absolute Gasteiger partial charge is 0.146 e. The summed E-state index contributed by atoms with van der Waals surface area (Å²) in [5, 5.41) is 13.0. The van der Waals surface area contributed by atoms with Crippen LogP contribution in [0.2, 0.25) is 0 Å². The molecule has 8 heteroatoms. The highest BCUT2D eigenvalue weighted by atomic mass is 15.3. The van der Waals surface area contributed by atoms with Crippen LogP contribution in [-0.4, -0.2) is 72.1 Å². The summed E-state index contributed by atoms with van der Waals surface area (Å²) in [4.78, 5) is 8.93. The standard InChI is InChI=1S/C16H26N8/c1-21(10-15-19-20-16(22(15)2)13-3-4-13)14-5-6-23(9-14)7-8-24-12-17-11-18-24/h11-14H,3-10H2,1-2H3. The number of hydrogen-bond donors (Lipinski definition) is 0. The average Bonchev–Trinajstić information content (AvgIpc) is 3.00. The van der Waals surface area contributed by atoms with Gasteiger partial charge >= 0.3 is 0 Å². The molecular formula is C16H26N8. The van der Waals surface area contributed by atoms with E-state index in [1.807, 2.05) is 4.68 Å². The Morgan fingerprint density at radius 1 is 1.21 bits per heavy atom. The van der Waals surface area contributed by atoms with Crippen LogP contribution >= 0.6 is 0 Å². The number of likely N-dealkylation sites (N-methyl/N-ethyl adjacent to an activating group) is 1. The minimum absolute atomic E-state index is 0.585. The second-order valence-electron chi connectivity index (χ2n) is 7.12. The van der Waals surface area contributed by atoms with Gasteiger partial charge in [0.05, 0.1) is 13.1 Å². The quantitative estimate of drug-likeness (QED) is 0.736. The molecule has 0 N–H and O–H groups in total. The fourth-order valence-corrected chi connectivity index (χ4v) is 3.53. The molecule has 0 radical (unpaired) electrons. The van der Waals surface area contributed by atoms with E-state index in [9.17, 15) is 0 Å². The number of aromatic nitrogens is 6. The highest BCUT2D eigenvalue weighted by molar-refractivity contribution is 5.07.